The number of hydrogen-bond acceptors (Lipinski definition) is 2. The van der Waals surface area contributed by atoms with Gasteiger partial charge in [-0.3, -0.25) is 9.59 Å². The molecule has 0 unspecified atom stereocenters. The summed E-state index contributed by atoms with van der Waals surface area (Å²) in [4.78, 5) is 23.6. The smallest absolute Gasteiger partial charge is 0.214 e. The molecular formula is C10H9NO2. The van der Waals surface area contributed by atoms with Crippen molar-refractivity contribution < 1.29 is 9.59 Å². The fraction of sp³-hybridized carbons (Fsp3) is 0.200. The van der Waals surface area contributed by atoms with Crippen molar-refractivity contribution in [2.24, 2.45) is 0 Å². The van der Waals surface area contributed by atoms with Gasteiger partial charge in [0.25, 0.3) is 0 Å². The number of fused-ring (bicyclic) bond motifs is 1. The molecule has 3 nitrogen and oxygen atoms in total. The zero-order chi connectivity index (χ0) is 9.26. The number of carbonyl (C=O) groups is 2. The van der Waals surface area contributed by atoms with Crippen molar-refractivity contribution in [1.82, 2.24) is 0 Å². The number of rotatable bonds is 1. The molecule has 2 rings (SSSR count). The Morgan fingerprint density at radius 1 is 1.31 bits per heavy atom. The first-order valence-corrected chi connectivity index (χ1v) is 4.17. The number of carbonyl (C=O) groups excluding carboxylic acids is 2. The molecule has 0 aromatic heterocycles. The second-order valence-electron chi connectivity index (χ2n) is 2.99. The standard InChI is InChI=1S/C10H9NO2/c12-7-11-6-5-10(13)8-3-1-2-4-9(8)11/h1-4,7H,5-6H2. The molecule has 0 saturated heterocycles. The normalized spacial score (nSPS) is 15.4. The number of Topliss-reactive ketones (excluding diaryl/α,β-unsaturated/α-hetero) is 1. The largest absolute Gasteiger partial charge is 0.314 e. The Morgan fingerprint density at radius 2 is 2.08 bits per heavy atom. The Balaban J connectivity index is 2.53. The number of anilines is 1. The van der Waals surface area contributed by atoms with Gasteiger partial charge in [0.1, 0.15) is 0 Å². The van der Waals surface area contributed by atoms with E-state index in [0.29, 0.717) is 18.5 Å². The molecule has 1 heterocycles. The van der Waals surface area contributed by atoms with Gasteiger partial charge in [0.15, 0.2) is 5.78 Å². The van der Waals surface area contributed by atoms with Crippen LogP contribution in [0.1, 0.15) is 16.8 Å². The van der Waals surface area contributed by atoms with E-state index in [1.165, 1.54) is 0 Å². The second-order valence-corrected chi connectivity index (χ2v) is 2.99. The minimum absolute atomic E-state index is 0.119. The van der Waals surface area contributed by atoms with E-state index in [4.69, 9.17) is 0 Å². The molecular weight excluding hydrogens is 166 g/mol. The number of para-hydroxylation sites is 1. The fourth-order valence-corrected chi connectivity index (χ4v) is 1.55. The van der Waals surface area contributed by atoms with E-state index in [2.05, 4.69) is 0 Å². The molecule has 1 aliphatic heterocycles. The second kappa shape index (κ2) is 3.01. The topological polar surface area (TPSA) is 37.4 Å². The summed E-state index contributed by atoms with van der Waals surface area (Å²) < 4.78 is 0. The molecule has 1 amide bonds. The average Bonchev–Trinajstić information content (AvgIpc) is 2.19. The van der Waals surface area contributed by atoms with Gasteiger partial charge in [0.2, 0.25) is 6.41 Å². The van der Waals surface area contributed by atoms with E-state index >= 15 is 0 Å². The first kappa shape index (κ1) is 7.98. The van der Waals surface area contributed by atoms with Gasteiger partial charge in [-0.05, 0) is 12.1 Å². The van der Waals surface area contributed by atoms with Crippen molar-refractivity contribution in [3.05, 3.63) is 29.8 Å². The highest BCUT2D eigenvalue weighted by atomic mass is 16.1. The number of benzene rings is 1. The molecule has 0 radical (unpaired) electrons. The molecule has 0 fully saturated rings. The number of hydrogen-bond donors (Lipinski definition) is 0. The molecule has 0 bridgehead atoms. The Hall–Kier alpha value is -1.64. The fourth-order valence-electron chi connectivity index (χ4n) is 1.55. The maximum Gasteiger partial charge on any atom is 0.214 e. The van der Waals surface area contributed by atoms with Crippen LogP contribution in [-0.2, 0) is 4.79 Å². The Labute approximate surface area is 76.0 Å². The molecule has 1 aromatic carbocycles. The first-order chi connectivity index (χ1) is 6.33. The van der Waals surface area contributed by atoms with Gasteiger partial charge in [-0.2, -0.15) is 0 Å². The zero-order valence-corrected chi connectivity index (χ0v) is 7.06. The van der Waals surface area contributed by atoms with E-state index in [0.717, 1.165) is 12.1 Å². The summed E-state index contributed by atoms with van der Waals surface area (Å²) in [6.07, 6.45) is 1.20. The average molecular weight is 175 g/mol. The summed E-state index contributed by atoms with van der Waals surface area (Å²) in [5.41, 5.74) is 1.38. The van der Waals surface area contributed by atoms with Gasteiger partial charge < -0.3 is 4.90 Å². The molecule has 13 heavy (non-hydrogen) atoms. The minimum atomic E-state index is 0.119. The van der Waals surface area contributed by atoms with E-state index < -0.39 is 0 Å². The predicted molar refractivity (Wildman–Crippen MR) is 48.8 cm³/mol. The highest BCUT2D eigenvalue weighted by Crippen LogP contribution is 2.24. The van der Waals surface area contributed by atoms with E-state index in [1.807, 2.05) is 12.1 Å². The van der Waals surface area contributed by atoms with Crippen LogP contribution in [0, 0.1) is 0 Å². The van der Waals surface area contributed by atoms with Crippen LogP contribution in [0.25, 0.3) is 0 Å². The lowest BCUT2D eigenvalue weighted by atomic mass is 10.0. The summed E-state index contributed by atoms with van der Waals surface area (Å²) in [5, 5.41) is 0. The molecule has 3 heteroatoms. The third kappa shape index (κ3) is 1.22. The highest BCUT2D eigenvalue weighted by Gasteiger charge is 2.21. The Kier molecular flexibility index (Phi) is 1.85. The molecule has 0 N–H and O–H groups in total. The van der Waals surface area contributed by atoms with Gasteiger partial charge >= 0.3 is 0 Å². The SMILES string of the molecule is O=CN1CCC(=O)c2ccccc21. The quantitative estimate of drug-likeness (QED) is 0.602. The lowest BCUT2D eigenvalue weighted by Crippen LogP contribution is -2.30. The summed E-state index contributed by atoms with van der Waals surface area (Å²) in [6.45, 7) is 0.499. The van der Waals surface area contributed by atoms with Crippen molar-refractivity contribution in [3.8, 4) is 0 Å². The lowest BCUT2D eigenvalue weighted by molar-refractivity contribution is -0.107. The monoisotopic (exact) mass is 175 g/mol. The molecule has 0 aliphatic carbocycles. The maximum absolute atomic E-state index is 11.4. The van der Waals surface area contributed by atoms with Crippen LogP contribution in [0.4, 0.5) is 5.69 Å². The maximum atomic E-state index is 11.4. The molecule has 0 spiro atoms. The summed E-state index contributed by atoms with van der Waals surface area (Å²) in [5.74, 6) is 0.119. The van der Waals surface area contributed by atoms with Crippen molar-refractivity contribution in [1.29, 1.82) is 0 Å². The minimum Gasteiger partial charge on any atom is -0.314 e. The lowest BCUT2D eigenvalue weighted by Gasteiger charge is -2.24. The van der Waals surface area contributed by atoms with Gasteiger partial charge in [-0.1, -0.05) is 12.1 Å². The van der Waals surface area contributed by atoms with Crippen LogP contribution < -0.4 is 4.90 Å². The van der Waals surface area contributed by atoms with Gasteiger partial charge in [-0.25, -0.2) is 0 Å². The molecule has 0 saturated carbocycles. The molecule has 0 atom stereocenters. The van der Waals surface area contributed by atoms with Crippen LogP contribution >= 0.6 is 0 Å². The van der Waals surface area contributed by atoms with E-state index in [1.54, 1.807) is 17.0 Å². The van der Waals surface area contributed by atoms with E-state index in [-0.39, 0.29) is 5.78 Å². The van der Waals surface area contributed by atoms with E-state index in [9.17, 15) is 9.59 Å². The van der Waals surface area contributed by atoms with Gasteiger partial charge in [0.05, 0.1) is 5.69 Å². The summed E-state index contributed by atoms with van der Waals surface area (Å²) in [7, 11) is 0. The van der Waals surface area contributed by atoms with Crippen LogP contribution in [0.2, 0.25) is 0 Å². The molecule has 1 aliphatic rings. The van der Waals surface area contributed by atoms with Gasteiger partial charge in [0, 0.05) is 18.5 Å². The van der Waals surface area contributed by atoms with Crippen molar-refractivity contribution >= 4 is 17.9 Å². The van der Waals surface area contributed by atoms with Crippen molar-refractivity contribution in [2.45, 2.75) is 6.42 Å². The summed E-state index contributed by atoms with van der Waals surface area (Å²) >= 11 is 0. The third-order valence-corrected chi connectivity index (χ3v) is 2.22. The Morgan fingerprint density at radius 3 is 2.85 bits per heavy atom. The third-order valence-electron chi connectivity index (χ3n) is 2.22. The highest BCUT2D eigenvalue weighted by molar-refractivity contribution is 6.05. The zero-order valence-electron chi connectivity index (χ0n) is 7.06. The number of ketones is 1. The Bertz CT molecular complexity index is 360. The number of amides is 1. The van der Waals surface area contributed by atoms with Crippen molar-refractivity contribution in [2.75, 3.05) is 11.4 Å². The first-order valence-electron chi connectivity index (χ1n) is 4.17. The van der Waals surface area contributed by atoms with Crippen LogP contribution in [0.3, 0.4) is 0 Å². The molecule has 66 valence electrons. The van der Waals surface area contributed by atoms with Gasteiger partial charge in [-0.15, -0.1) is 0 Å². The van der Waals surface area contributed by atoms with Crippen molar-refractivity contribution in [3.63, 3.8) is 0 Å². The van der Waals surface area contributed by atoms with Crippen LogP contribution in [-0.4, -0.2) is 18.7 Å². The van der Waals surface area contributed by atoms with Crippen LogP contribution in [0.5, 0.6) is 0 Å². The number of nitrogens with zero attached hydrogens (tertiary/aromatic N) is 1. The summed E-state index contributed by atoms with van der Waals surface area (Å²) in [6, 6.07) is 7.19. The predicted octanol–water partition coefficient (Wildman–Crippen LogP) is 1.24. The molecule has 1 aromatic rings. The van der Waals surface area contributed by atoms with Crippen LogP contribution in [0.15, 0.2) is 24.3 Å².